The molecule has 4 rings (SSSR count). The van der Waals surface area contributed by atoms with Gasteiger partial charge in [-0.15, -0.1) is 6.58 Å². The summed E-state index contributed by atoms with van der Waals surface area (Å²) in [4.78, 5) is 14.8. The number of phenolic OH excluding ortho intramolecular Hbond substituents is 1. The highest BCUT2D eigenvalue weighted by Crippen LogP contribution is 2.40. The summed E-state index contributed by atoms with van der Waals surface area (Å²) in [7, 11) is 0. The van der Waals surface area contributed by atoms with Gasteiger partial charge in [0.25, 0.3) is 0 Å². The Morgan fingerprint density at radius 1 is 1.22 bits per heavy atom. The van der Waals surface area contributed by atoms with Crippen LogP contribution in [0.25, 0.3) is 0 Å². The normalized spacial score (nSPS) is 21.8. The molecule has 0 radical (unpaired) electrons. The average Bonchev–Trinajstić information content (AvgIpc) is 2.82. The number of phenols is 1. The number of likely N-dealkylation sites (tertiary alicyclic amines) is 1. The van der Waals surface area contributed by atoms with Crippen molar-refractivity contribution in [2.75, 3.05) is 32.7 Å². The van der Waals surface area contributed by atoms with Crippen LogP contribution in [0.15, 0.2) is 55.1 Å². The molecule has 1 fully saturated rings. The molecule has 2 aromatic rings. The molecule has 0 bridgehead atoms. The number of hydrogen-bond donors (Lipinski definition) is 2. The minimum atomic E-state index is -0.0760. The number of ether oxygens (including phenoxy) is 1. The molecule has 32 heavy (non-hydrogen) atoms. The third kappa shape index (κ3) is 5.12. The van der Waals surface area contributed by atoms with Gasteiger partial charge < -0.3 is 15.2 Å². The lowest BCUT2D eigenvalue weighted by Gasteiger charge is -2.40. The zero-order valence-corrected chi connectivity index (χ0v) is 18.9. The first-order valence-electron chi connectivity index (χ1n) is 11.7. The van der Waals surface area contributed by atoms with Crippen molar-refractivity contribution in [3.05, 3.63) is 77.4 Å². The molecule has 2 N–H and O–H groups in total. The number of carbonyl (C=O) groups excluding carboxylic acids is 1. The van der Waals surface area contributed by atoms with Crippen LogP contribution in [0.4, 0.5) is 0 Å². The molecule has 0 saturated carbocycles. The summed E-state index contributed by atoms with van der Waals surface area (Å²) in [5.74, 6) is 1.02. The predicted molar refractivity (Wildman–Crippen MR) is 127 cm³/mol. The maximum absolute atomic E-state index is 12.6. The SMILES string of the molecule is C=CCNC[C@@H]1O[C@H](C2CCN(CC(=O)c3ccccc3)CC2)Cc2c1ccc(C)c2O. The van der Waals surface area contributed by atoms with Crippen molar-refractivity contribution < 1.29 is 14.6 Å². The number of nitrogens with one attached hydrogen (secondary N) is 1. The highest BCUT2D eigenvalue weighted by molar-refractivity contribution is 5.97. The smallest absolute Gasteiger partial charge is 0.176 e. The topological polar surface area (TPSA) is 61.8 Å². The molecule has 170 valence electrons. The lowest BCUT2D eigenvalue weighted by Crippen LogP contribution is -2.43. The number of nitrogens with zero attached hydrogens (tertiary/aromatic N) is 1. The fourth-order valence-electron chi connectivity index (χ4n) is 4.97. The second kappa shape index (κ2) is 10.4. The molecule has 0 unspecified atom stereocenters. The van der Waals surface area contributed by atoms with E-state index >= 15 is 0 Å². The fourth-order valence-corrected chi connectivity index (χ4v) is 4.97. The minimum Gasteiger partial charge on any atom is -0.507 e. The van der Waals surface area contributed by atoms with Crippen molar-refractivity contribution in [1.82, 2.24) is 10.2 Å². The van der Waals surface area contributed by atoms with Gasteiger partial charge in [-0.1, -0.05) is 48.5 Å². The number of rotatable bonds is 8. The third-order valence-electron chi connectivity index (χ3n) is 6.85. The van der Waals surface area contributed by atoms with E-state index in [0.29, 0.717) is 24.8 Å². The maximum Gasteiger partial charge on any atom is 0.176 e. The summed E-state index contributed by atoms with van der Waals surface area (Å²) in [6.45, 7) is 9.42. The van der Waals surface area contributed by atoms with Gasteiger partial charge in [0.1, 0.15) is 5.75 Å². The van der Waals surface area contributed by atoms with Crippen molar-refractivity contribution in [2.24, 2.45) is 5.92 Å². The summed E-state index contributed by atoms with van der Waals surface area (Å²) in [5, 5.41) is 14.1. The van der Waals surface area contributed by atoms with Crippen LogP contribution in [0.1, 0.15) is 46.0 Å². The highest BCUT2D eigenvalue weighted by Gasteiger charge is 2.36. The molecule has 5 nitrogen and oxygen atoms in total. The molecule has 0 amide bonds. The van der Waals surface area contributed by atoms with Gasteiger partial charge in [-0.25, -0.2) is 0 Å². The molecule has 1 saturated heterocycles. The van der Waals surface area contributed by atoms with E-state index in [2.05, 4.69) is 22.9 Å². The van der Waals surface area contributed by atoms with Crippen LogP contribution in [0, 0.1) is 12.8 Å². The van der Waals surface area contributed by atoms with E-state index in [1.165, 1.54) is 0 Å². The molecule has 2 aliphatic rings. The van der Waals surface area contributed by atoms with Gasteiger partial charge in [0, 0.05) is 30.6 Å². The first-order valence-corrected chi connectivity index (χ1v) is 11.7. The van der Waals surface area contributed by atoms with Gasteiger partial charge in [0.2, 0.25) is 0 Å². The van der Waals surface area contributed by atoms with E-state index < -0.39 is 0 Å². The monoisotopic (exact) mass is 434 g/mol. The van der Waals surface area contributed by atoms with Gasteiger partial charge >= 0.3 is 0 Å². The number of aryl methyl sites for hydroxylation is 1. The second-order valence-corrected chi connectivity index (χ2v) is 9.02. The third-order valence-corrected chi connectivity index (χ3v) is 6.85. The lowest BCUT2D eigenvalue weighted by molar-refractivity contribution is -0.0668. The summed E-state index contributed by atoms with van der Waals surface area (Å²) in [6.07, 6.45) is 4.60. The van der Waals surface area contributed by atoms with Crippen LogP contribution in [0.3, 0.4) is 0 Å². The van der Waals surface area contributed by atoms with Crippen LogP contribution >= 0.6 is 0 Å². The van der Waals surface area contributed by atoms with Crippen molar-refractivity contribution >= 4 is 5.78 Å². The Bertz CT molecular complexity index is 935. The van der Waals surface area contributed by atoms with Gasteiger partial charge in [-0.2, -0.15) is 0 Å². The molecule has 0 spiro atoms. The van der Waals surface area contributed by atoms with E-state index in [4.69, 9.17) is 4.74 Å². The molecule has 2 aromatic carbocycles. The van der Waals surface area contributed by atoms with Crippen molar-refractivity contribution in [2.45, 2.75) is 38.4 Å². The van der Waals surface area contributed by atoms with Crippen LogP contribution in [0.5, 0.6) is 5.75 Å². The van der Waals surface area contributed by atoms with Crippen molar-refractivity contribution in [3.8, 4) is 5.75 Å². The molecule has 5 heteroatoms. The van der Waals surface area contributed by atoms with E-state index in [1.54, 1.807) is 0 Å². The second-order valence-electron chi connectivity index (χ2n) is 9.02. The maximum atomic E-state index is 12.6. The number of piperidine rings is 1. The Hall–Kier alpha value is -2.47. The van der Waals surface area contributed by atoms with Gasteiger partial charge in [-0.05, 0) is 49.9 Å². The molecular weight excluding hydrogens is 400 g/mol. The quantitative estimate of drug-likeness (QED) is 0.373. The number of benzene rings is 2. The van der Waals surface area contributed by atoms with Crippen LogP contribution in [-0.2, 0) is 11.2 Å². The predicted octanol–water partition coefficient (Wildman–Crippen LogP) is 4.05. The Morgan fingerprint density at radius 3 is 2.69 bits per heavy atom. The molecule has 2 heterocycles. The molecule has 2 aliphatic heterocycles. The number of fused-ring (bicyclic) bond motifs is 1. The first kappa shape index (κ1) is 22.7. The standard InChI is InChI=1S/C27H34N2O3/c1-3-13-28-17-26-22-10-9-19(2)27(31)23(22)16-25(32-26)21-11-14-29(15-12-21)18-24(30)20-7-5-4-6-8-20/h3-10,21,25-26,28,31H,1,11-18H2,2H3/t25-,26-/m0/s1. The number of ketones is 1. The number of Topliss-reactive ketones (excluding diaryl/α,β-unsaturated/α-hetero) is 1. The molecule has 0 aliphatic carbocycles. The molecule has 0 aromatic heterocycles. The Labute approximate surface area is 191 Å². The van der Waals surface area contributed by atoms with E-state index in [1.807, 2.05) is 49.4 Å². The Kier molecular flexibility index (Phi) is 7.40. The Balaban J connectivity index is 1.40. The summed E-state index contributed by atoms with van der Waals surface area (Å²) >= 11 is 0. The van der Waals surface area contributed by atoms with Crippen LogP contribution in [0.2, 0.25) is 0 Å². The van der Waals surface area contributed by atoms with Gasteiger partial charge in [0.05, 0.1) is 18.8 Å². The molecular formula is C27H34N2O3. The number of hydrogen-bond acceptors (Lipinski definition) is 5. The zero-order chi connectivity index (χ0) is 22.5. The van der Waals surface area contributed by atoms with E-state index in [0.717, 1.165) is 61.2 Å². The molecule has 2 atom stereocenters. The Morgan fingerprint density at radius 2 is 1.97 bits per heavy atom. The fraction of sp³-hybridized carbons (Fsp3) is 0.444. The van der Waals surface area contributed by atoms with E-state index in [9.17, 15) is 9.90 Å². The van der Waals surface area contributed by atoms with Crippen molar-refractivity contribution in [3.63, 3.8) is 0 Å². The largest absolute Gasteiger partial charge is 0.507 e. The number of carbonyl (C=O) groups is 1. The van der Waals surface area contributed by atoms with Crippen molar-refractivity contribution in [1.29, 1.82) is 0 Å². The summed E-state index contributed by atoms with van der Waals surface area (Å²) < 4.78 is 6.59. The summed E-state index contributed by atoms with van der Waals surface area (Å²) in [5.41, 5.74) is 3.82. The zero-order valence-electron chi connectivity index (χ0n) is 18.9. The van der Waals surface area contributed by atoms with Gasteiger partial charge in [0.15, 0.2) is 5.78 Å². The van der Waals surface area contributed by atoms with Crippen LogP contribution < -0.4 is 5.32 Å². The summed E-state index contributed by atoms with van der Waals surface area (Å²) in [6, 6.07) is 13.6. The highest BCUT2D eigenvalue weighted by atomic mass is 16.5. The van der Waals surface area contributed by atoms with E-state index in [-0.39, 0.29) is 18.0 Å². The average molecular weight is 435 g/mol. The number of aromatic hydroxyl groups is 1. The minimum absolute atomic E-state index is 0.0760. The van der Waals surface area contributed by atoms with Crippen LogP contribution in [-0.4, -0.2) is 54.6 Å². The first-order chi connectivity index (χ1) is 15.6. The van der Waals surface area contributed by atoms with Gasteiger partial charge in [-0.3, -0.25) is 9.69 Å². The lowest BCUT2D eigenvalue weighted by atomic mass is 9.83.